The average Bonchev–Trinajstić information content (AvgIpc) is 0.963. The summed E-state index contributed by atoms with van der Waals surface area (Å²) in [6.07, 6.45) is -3.92. The summed E-state index contributed by atoms with van der Waals surface area (Å²) in [4.78, 5) is 224. The maximum absolute atomic E-state index is 14.2. The van der Waals surface area contributed by atoms with Crippen LogP contribution in [0.1, 0.15) is 119 Å². The highest BCUT2D eigenvalue weighted by atomic mass is 32.2. The fraction of sp³-hybridized carbons (Fsp3) is 0.673. The molecule has 0 aromatic heterocycles. The van der Waals surface area contributed by atoms with Gasteiger partial charge in [0.25, 0.3) is 0 Å². The molecular formula is C55H93N17O22S. The average molecular weight is 1380 g/mol. The summed E-state index contributed by atoms with van der Waals surface area (Å²) < 4.78 is 0. The van der Waals surface area contributed by atoms with E-state index in [1.54, 1.807) is 40.9 Å². The Hall–Kier alpha value is -9.47. The van der Waals surface area contributed by atoms with Crippen LogP contribution in [0.25, 0.3) is 0 Å². The van der Waals surface area contributed by atoms with Gasteiger partial charge in [-0.15, -0.1) is 0 Å². The van der Waals surface area contributed by atoms with Gasteiger partial charge in [-0.2, -0.15) is 11.8 Å². The summed E-state index contributed by atoms with van der Waals surface area (Å²) in [5.41, 5.74) is 27.1. The number of nitrogens with one attached hydrogen (secondary N) is 11. The highest BCUT2D eigenvalue weighted by Gasteiger charge is 2.38. The van der Waals surface area contributed by atoms with Crippen LogP contribution in [0.2, 0.25) is 0 Å². The van der Waals surface area contributed by atoms with Crippen molar-refractivity contribution in [3.05, 3.63) is 0 Å². The molecular weight excluding hydrogens is 1280 g/mol. The van der Waals surface area contributed by atoms with Crippen LogP contribution in [0, 0.1) is 17.8 Å². The molecule has 0 aliphatic rings. The van der Waals surface area contributed by atoms with Gasteiger partial charge in [-0.05, 0) is 68.3 Å². The van der Waals surface area contributed by atoms with Crippen LogP contribution in [-0.4, -0.2) is 230 Å². The summed E-state index contributed by atoms with van der Waals surface area (Å²) >= 11 is 1.39. The molecule has 0 rings (SSSR count). The van der Waals surface area contributed by atoms with E-state index in [1.165, 1.54) is 18.7 Å². The Bertz CT molecular complexity index is 2750. The van der Waals surface area contributed by atoms with Gasteiger partial charge >= 0.3 is 23.9 Å². The van der Waals surface area contributed by atoms with Crippen molar-refractivity contribution in [3.63, 3.8) is 0 Å². The molecule has 0 aliphatic heterocycles. The number of carbonyl (C=O) groups is 17. The fourth-order valence-corrected chi connectivity index (χ4v) is 9.02. The lowest BCUT2D eigenvalue weighted by Crippen LogP contribution is -2.62. The number of aliphatic hydroxyl groups excluding tert-OH is 1. The van der Waals surface area contributed by atoms with Gasteiger partial charge in [0.1, 0.15) is 60.4 Å². The number of hydrogen-bond donors (Lipinski definition) is 21. The smallest absolute Gasteiger partial charge is 0.326 e. The molecule has 0 heterocycles. The molecule has 0 aromatic carbocycles. The zero-order valence-corrected chi connectivity index (χ0v) is 54.6. The maximum Gasteiger partial charge on any atom is 0.326 e. The molecule has 0 spiro atoms. The molecule has 0 saturated carbocycles. The lowest BCUT2D eigenvalue weighted by molar-refractivity contribution is -0.144. The van der Waals surface area contributed by atoms with Gasteiger partial charge in [0.05, 0.1) is 44.9 Å². The van der Waals surface area contributed by atoms with E-state index in [0.717, 1.165) is 0 Å². The number of carboxylic acids is 4. The third-order valence-electron chi connectivity index (χ3n) is 13.6. The second-order valence-electron chi connectivity index (χ2n) is 22.8. The summed E-state index contributed by atoms with van der Waals surface area (Å²) in [7, 11) is 0. The second-order valence-corrected chi connectivity index (χ2v) is 23.8. The number of aliphatic hydroxyl groups is 1. The maximum atomic E-state index is 14.2. The minimum absolute atomic E-state index is 0.0793. The molecule has 536 valence electrons. The van der Waals surface area contributed by atoms with Crippen molar-refractivity contribution in [2.75, 3.05) is 31.7 Å². The molecule has 0 aliphatic carbocycles. The number of carbonyl (C=O) groups excluding carboxylic acids is 13. The second kappa shape index (κ2) is 44.2. The van der Waals surface area contributed by atoms with E-state index < -0.39 is 231 Å². The van der Waals surface area contributed by atoms with E-state index in [0.29, 0.717) is 5.75 Å². The number of thioether (sulfide) groups is 1. The van der Waals surface area contributed by atoms with Crippen molar-refractivity contribution < 1.29 is 107 Å². The van der Waals surface area contributed by atoms with Crippen LogP contribution in [0.4, 0.5) is 0 Å². The first-order chi connectivity index (χ1) is 44.3. The molecule has 26 N–H and O–H groups in total. The number of nitrogens with two attached hydrogens (primary N) is 5. The standard InChI is InChI=1S/C55H93N17O22S/c1-8-26(6)43(72-47(86)28(10-9-14-61-55(59)60)64-50(89)33(20-41(79)80)63-39(76)22-62-45(84)32(18-37(57)74)66-44(83)27(56)13-15-95-7)53(92)69-34(21-42(81)82)51(90)71-36(23-73)52(91)68-31(17-25(4)5)49(88)67-30(16-24(2)3)48(87)65-29(11-12-40(77)78)46(85)70-35(54(93)94)19-38(58)75/h24-36,43,73H,8-23,56H2,1-7H3,(H2,57,74)(H2,58,75)(H,62,84)(H,63,76)(H,64,89)(H,65,87)(H,66,83)(H,67,88)(H,68,91)(H,69,92)(H,70,85)(H,71,90)(H,72,86)(H,77,78)(H,79,80)(H,81,82)(H,93,94)(H4,59,60,61)/t26-,27-,28-,29-,30-,31-,32-,33-,34-,35-,36-,43-/m0/s1. The third kappa shape index (κ3) is 35.4. The van der Waals surface area contributed by atoms with Crippen molar-refractivity contribution in [3.8, 4) is 0 Å². The predicted molar refractivity (Wildman–Crippen MR) is 335 cm³/mol. The van der Waals surface area contributed by atoms with Crippen molar-refractivity contribution in [2.24, 2.45) is 51.4 Å². The highest BCUT2D eigenvalue weighted by Crippen LogP contribution is 2.14. The minimum Gasteiger partial charge on any atom is -0.481 e. The zero-order valence-electron chi connectivity index (χ0n) is 53.8. The number of primary amides is 2. The molecule has 0 radical (unpaired) electrons. The van der Waals surface area contributed by atoms with Gasteiger partial charge in [-0.1, -0.05) is 48.0 Å². The van der Waals surface area contributed by atoms with Crippen molar-refractivity contribution >= 4 is 118 Å². The summed E-state index contributed by atoms with van der Waals surface area (Å²) in [5.74, 6) is -22.9. The monoisotopic (exact) mass is 1380 g/mol. The number of nitrogens with zero attached hydrogens (tertiary/aromatic N) is 1. The lowest BCUT2D eigenvalue weighted by Gasteiger charge is -2.29. The van der Waals surface area contributed by atoms with E-state index in [2.05, 4.69) is 58.2 Å². The SMILES string of the molecule is CC[C@H](C)[C@H](NC(=O)[C@H](CCCN=C(N)N)NC(=O)[C@H](CC(=O)O)NC(=O)CNC(=O)[C@H](CC(N)=O)NC(=O)[C@@H](N)CCSC)C(=O)N[C@@H](CC(=O)O)C(=O)N[C@@H](CO)C(=O)N[C@@H](CC(C)C)C(=O)N[C@@H](CC(C)C)C(=O)N[C@@H](CCC(=O)O)C(=O)N[C@@H](CC(N)=O)C(=O)O. The van der Waals surface area contributed by atoms with Crippen LogP contribution >= 0.6 is 11.8 Å². The normalized spacial score (nSPS) is 14.8. The number of carboxylic acid groups (broad SMARTS) is 4. The lowest BCUT2D eigenvalue weighted by atomic mass is 9.96. The first-order valence-corrected chi connectivity index (χ1v) is 31.3. The van der Waals surface area contributed by atoms with Gasteiger partial charge in [-0.3, -0.25) is 81.7 Å². The molecule has 12 atom stereocenters. The number of guanidine groups is 1. The van der Waals surface area contributed by atoms with Crippen LogP contribution in [0.15, 0.2) is 4.99 Å². The van der Waals surface area contributed by atoms with E-state index in [-0.39, 0.29) is 56.9 Å². The Morgan fingerprint density at radius 1 is 0.453 bits per heavy atom. The van der Waals surface area contributed by atoms with Gasteiger partial charge in [0.2, 0.25) is 76.8 Å². The van der Waals surface area contributed by atoms with Gasteiger partial charge in [0, 0.05) is 13.0 Å². The number of aliphatic imine (C=N–C) groups is 1. The van der Waals surface area contributed by atoms with Crippen molar-refractivity contribution in [1.82, 2.24) is 58.5 Å². The molecule has 40 heteroatoms. The molecule has 0 saturated heterocycles. The number of hydrogen-bond acceptors (Lipinski definition) is 21. The first-order valence-electron chi connectivity index (χ1n) is 29.9. The zero-order chi connectivity index (χ0) is 73.0. The fourth-order valence-electron chi connectivity index (χ4n) is 8.53. The molecule has 39 nitrogen and oxygen atoms in total. The minimum atomic E-state index is -2.09. The van der Waals surface area contributed by atoms with Gasteiger partial charge < -0.3 is 113 Å². The molecule has 0 aromatic rings. The van der Waals surface area contributed by atoms with Gasteiger partial charge in [-0.25, -0.2) is 4.79 Å². The highest BCUT2D eigenvalue weighted by molar-refractivity contribution is 7.98. The summed E-state index contributed by atoms with van der Waals surface area (Å²) in [6, 6.07) is -18.8. The number of aliphatic carboxylic acids is 4. The van der Waals surface area contributed by atoms with E-state index in [4.69, 9.17) is 28.7 Å². The number of rotatable bonds is 48. The Kier molecular flexibility index (Phi) is 39.8. The molecule has 95 heavy (non-hydrogen) atoms. The van der Waals surface area contributed by atoms with E-state index in [9.17, 15) is 107 Å². The van der Waals surface area contributed by atoms with E-state index in [1.807, 2.05) is 5.32 Å². The predicted octanol–water partition coefficient (Wildman–Crippen LogP) is -8.14. The van der Waals surface area contributed by atoms with Crippen LogP contribution < -0.4 is 87.2 Å². The Morgan fingerprint density at radius 2 is 0.853 bits per heavy atom. The Labute approximate surface area is 550 Å². The van der Waals surface area contributed by atoms with E-state index >= 15 is 0 Å². The quantitative estimate of drug-likeness (QED) is 0.0153. The third-order valence-corrected chi connectivity index (χ3v) is 14.3. The molecule has 0 unspecified atom stereocenters. The summed E-state index contributed by atoms with van der Waals surface area (Å²) in [6.45, 7) is 7.22. The molecule has 13 amide bonds. The Balaban J connectivity index is 6.85. The topological polar surface area (TPSA) is 666 Å². The first kappa shape index (κ1) is 85.5. The Morgan fingerprint density at radius 3 is 1.29 bits per heavy atom. The summed E-state index contributed by atoms with van der Waals surface area (Å²) in [5, 5.41) is 73.5. The van der Waals surface area contributed by atoms with Crippen molar-refractivity contribution in [1.29, 1.82) is 0 Å². The van der Waals surface area contributed by atoms with Crippen LogP contribution in [-0.2, 0) is 81.5 Å². The number of amides is 13. The van der Waals surface area contributed by atoms with Gasteiger partial charge in [0.15, 0.2) is 5.96 Å². The largest absolute Gasteiger partial charge is 0.481 e. The van der Waals surface area contributed by atoms with Crippen molar-refractivity contribution in [2.45, 2.75) is 185 Å². The van der Waals surface area contributed by atoms with Crippen LogP contribution in [0.3, 0.4) is 0 Å². The molecule has 0 bridgehead atoms. The van der Waals surface area contributed by atoms with Crippen LogP contribution in [0.5, 0.6) is 0 Å². The molecule has 0 fully saturated rings.